The highest BCUT2D eigenvalue weighted by molar-refractivity contribution is 5.53. The standard InChI is InChI=1S/C8H14FN/c1-4-10-8(3)7(2)5-6-9/h4-8H,1-3H3/b6-5+,10-4?. The Bertz CT molecular complexity index is 113. The second kappa shape index (κ2) is 5.15. The fourth-order valence-electron chi connectivity index (χ4n) is 0.646. The van der Waals surface area contributed by atoms with Crippen molar-refractivity contribution in [1.82, 2.24) is 0 Å². The van der Waals surface area contributed by atoms with E-state index in [2.05, 4.69) is 4.99 Å². The van der Waals surface area contributed by atoms with Crippen molar-refractivity contribution < 1.29 is 4.39 Å². The molecule has 0 aliphatic carbocycles. The van der Waals surface area contributed by atoms with Crippen LogP contribution in [-0.2, 0) is 0 Å². The lowest BCUT2D eigenvalue weighted by Crippen LogP contribution is -2.08. The molecular weight excluding hydrogens is 129 g/mol. The summed E-state index contributed by atoms with van der Waals surface area (Å²) in [6, 6.07) is 0.178. The summed E-state index contributed by atoms with van der Waals surface area (Å²) in [5.41, 5.74) is 0. The molecule has 58 valence electrons. The van der Waals surface area contributed by atoms with E-state index in [1.54, 1.807) is 6.21 Å². The molecule has 0 amide bonds. The first-order valence-electron chi connectivity index (χ1n) is 3.47. The van der Waals surface area contributed by atoms with Crippen molar-refractivity contribution in [1.29, 1.82) is 0 Å². The highest BCUT2D eigenvalue weighted by Gasteiger charge is 2.04. The van der Waals surface area contributed by atoms with Crippen molar-refractivity contribution in [3.63, 3.8) is 0 Å². The zero-order valence-corrected chi connectivity index (χ0v) is 6.71. The van der Waals surface area contributed by atoms with Crippen molar-refractivity contribution in [2.24, 2.45) is 10.9 Å². The summed E-state index contributed by atoms with van der Waals surface area (Å²) < 4.78 is 11.6. The van der Waals surface area contributed by atoms with Gasteiger partial charge in [0.05, 0.1) is 12.4 Å². The lowest BCUT2D eigenvalue weighted by molar-refractivity contribution is 0.572. The maximum atomic E-state index is 11.6. The summed E-state index contributed by atoms with van der Waals surface area (Å²) in [6.07, 6.45) is 3.83. The SMILES string of the molecule is CC=NC(C)C(C)/C=C/F. The van der Waals surface area contributed by atoms with E-state index in [-0.39, 0.29) is 12.0 Å². The highest BCUT2D eigenvalue weighted by Crippen LogP contribution is 2.07. The molecule has 0 radical (unpaired) electrons. The molecule has 0 aromatic heterocycles. The third-order valence-electron chi connectivity index (χ3n) is 1.52. The van der Waals surface area contributed by atoms with Gasteiger partial charge in [-0.2, -0.15) is 0 Å². The van der Waals surface area contributed by atoms with Crippen molar-refractivity contribution in [3.05, 3.63) is 12.4 Å². The number of rotatable bonds is 3. The molecule has 0 saturated heterocycles. The van der Waals surface area contributed by atoms with Crippen molar-refractivity contribution in [2.45, 2.75) is 26.8 Å². The first-order valence-corrected chi connectivity index (χ1v) is 3.47. The van der Waals surface area contributed by atoms with Crippen molar-refractivity contribution in [2.75, 3.05) is 0 Å². The molecule has 2 unspecified atom stereocenters. The summed E-state index contributed by atoms with van der Waals surface area (Å²) >= 11 is 0. The van der Waals surface area contributed by atoms with Crippen LogP contribution in [0.2, 0.25) is 0 Å². The van der Waals surface area contributed by atoms with Gasteiger partial charge in [0, 0.05) is 0 Å². The number of nitrogens with zero attached hydrogens (tertiary/aromatic N) is 1. The molecule has 0 aromatic carbocycles. The summed E-state index contributed by atoms with van der Waals surface area (Å²) in [7, 11) is 0. The number of hydrogen-bond donors (Lipinski definition) is 0. The quantitative estimate of drug-likeness (QED) is 0.538. The summed E-state index contributed by atoms with van der Waals surface area (Å²) in [5, 5.41) is 0. The first-order chi connectivity index (χ1) is 4.72. The summed E-state index contributed by atoms with van der Waals surface area (Å²) in [6.45, 7) is 5.76. The van der Waals surface area contributed by atoms with E-state index in [1.165, 1.54) is 6.08 Å². The number of aliphatic imine (C=N–C) groups is 1. The fraction of sp³-hybridized carbons (Fsp3) is 0.625. The Morgan fingerprint density at radius 3 is 2.40 bits per heavy atom. The van der Waals surface area contributed by atoms with Crippen molar-refractivity contribution >= 4 is 6.21 Å². The molecule has 0 N–H and O–H groups in total. The van der Waals surface area contributed by atoms with Crippen LogP contribution in [0.4, 0.5) is 4.39 Å². The molecule has 0 fully saturated rings. The van der Waals surface area contributed by atoms with Crippen LogP contribution >= 0.6 is 0 Å². The highest BCUT2D eigenvalue weighted by atomic mass is 19.1. The summed E-state index contributed by atoms with van der Waals surface area (Å²) in [4.78, 5) is 4.10. The minimum atomic E-state index is 0.178. The Hall–Kier alpha value is -0.660. The normalized spacial score (nSPS) is 18.4. The largest absolute Gasteiger partial charge is 0.294 e. The minimum Gasteiger partial charge on any atom is -0.294 e. The van der Waals surface area contributed by atoms with Crippen LogP contribution in [0, 0.1) is 5.92 Å². The van der Waals surface area contributed by atoms with Crippen LogP contribution in [0.5, 0.6) is 0 Å². The molecule has 0 aliphatic rings. The molecule has 0 bridgehead atoms. The van der Waals surface area contributed by atoms with Gasteiger partial charge >= 0.3 is 0 Å². The van der Waals surface area contributed by atoms with E-state index in [4.69, 9.17) is 0 Å². The van der Waals surface area contributed by atoms with E-state index in [0.29, 0.717) is 6.33 Å². The van der Waals surface area contributed by atoms with Gasteiger partial charge in [-0.15, -0.1) is 0 Å². The second-order valence-electron chi connectivity index (χ2n) is 2.33. The first kappa shape index (κ1) is 9.34. The van der Waals surface area contributed by atoms with Gasteiger partial charge in [0.15, 0.2) is 0 Å². The predicted octanol–water partition coefficient (Wildman–Crippen LogP) is 2.58. The molecule has 10 heavy (non-hydrogen) atoms. The van der Waals surface area contributed by atoms with Crippen LogP contribution in [0.15, 0.2) is 17.4 Å². The third-order valence-corrected chi connectivity index (χ3v) is 1.52. The Labute approximate surface area is 61.7 Å². The van der Waals surface area contributed by atoms with Crippen LogP contribution in [0.25, 0.3) is 0 Å². The van der Waals surface area contributed by atoms with E-state index in [0.717, 1.165) is 0 Å². The van der Waals surface area contributed by atoms with Gasteiger partial charge in [-0.25, -0.2) is 4.39 Å². The van der Waals surface area contributed by atoms with Gasteiger partial charge in [0.1, 0.15) is 0 Å². The van der Waals surface area contributed by atoms with Crippen LogP contribution in [0.3, 0.4) is 0 Å². The van der Waals surface area contributed by atoms with E-state index < -0.39 is 0 Å². The smallest absolute Gasteiger partial charge is 0.0830 e. The molecule has 0 heterocycles. The molecule has 0 saturated carbocycles. The molecule has 0 aliphatic heterocycles. The van der Waals surface area contributed by atoms with Crippen LogP contribution in [-0.4, -0.2) is 12.3 Å². The van der Waals surface area contributed by atoms with Gasteiger partial charge in [0.2, 0.25) is 0 Å². The van der Waals surface area contributed by atoms with Gasteiger partial charge in [-0.05, 0) is 26.0 Å². The molecule has 0 rings (SSSR count). The maximum absolute atomic E-state index is 11.6. The monoisotopic (exact) mass is 143 g/mol. The maximum Gasteiger partial charge on any atom is 0.0830 e. The zero-order valence-electron chi connectivity index (χ0n) is 6.71. The second-order valence-corrected chi connectivity index (χ2v) is 2.33. The van der Waals surface area contributed by atoms with Crippen LogP contribution in [0.1, 0.15) is 20.8 Å². The number of hydrogen-bond acceptors (Lipinski definition) is 1. The molecule has 2 atom stereocenters. The van der Waals surface area contributed by atoms with Gasteiger partial charge in [-0.3, -0.25) is 4.99 Å². The predicted molar refractivity (Wildman–Crippen MR) is 43.0 cm³/mol. The fourth-order valence-corrected chi connectivity index (χ4v) is 0.646. The average Bonchev–Trinajstić information content (AvgIpc) is 1.89. The zero-order chi connectivity index (χ0) is 7.98. The number of halogens is 1. The van der Waals surface area contributed by atoms with Gasteiger partial charge < -0.3 is 0 Å². The lowest BCUT2D eigenvalue weighted by atomic mass is 10.1. The Kier molecular flexibility index (Phi) is 4.81. The van der Waals surface area contributed by atoms with E-state index in [9.17, 15) is 4.39 Å². The Morgan fingerprint density at radius 1 is 1.40 bits per heavy atom. The van der Waals surface area contributed by atoms with Gasteiger partial charge in [0.25, 0.3) is 0 Å². The molecule has 0 spiro atoms. The third kappa shape index (κ3) is 3.38. The lowest BCUT2D eigenvalue weighted by Gasteiger charge is -2.09. The summed E-state index contributed by atoms with van der Waals surface area (Å²) in [5.74, 6) is 0.182. The minimum absolute atomic E-state index is 0.178. The van der Waals surface area contributed by atoms with Crippen molar-refractivity contribution in [3.8, 4) is 0 Å². The Morgan fingerprint density at radius 2 is 2.00 bits per heavy atom. The average molecular weight is 143 g/mol. The Balaban J connectivity index is 3.81. The molecule has 0 aromatic rings. The topological polar surface area (TPSA) is 12.4 Å². The van der Waals surface area contributed by atoms with E-state index in [1.807, 2.05) is 20.8 Å². The molecule has 2 heteroatoms. The molecular formula is C8H14FN. The van der Waals surface area contributed by atoms with Gasteiger partial charge in [-0.1, -0.05) is 13.0 Å². The van der Waals surface area contributed by atoms with Crippen LogP contribution < -0.4 is 0 Å². The van der Waals surface area contributed by atoms with E-state index >= 15 is 0 Å². The molecule has 1 nitrogen and oxygen atoms in total.